The lowest BCUT2D eigenvalue weighted by molar-refractivity contribution is 0.474. The Morgan fingerprint density at radius 2 is 2.38 bits per heavy atom. The number of H-pyrrole nitrogens is 1. The number of aromatic amines is 1. The normalized spacial score (nSPS) is 11.1. The standard InChI is InChI=1S/C9H6BrN3OS2/c10-6-1-2-7(14)5(3-6)4-11-8-12-13-9(15)16-8/h1-4,14H,(H,13,15)/b11-4+. The number of hydrogen-bond donors (Lipinski definition) is 2. The molecule has 1 aromatic heterocycles. The van der Waals surface area contributed by atoms with Crippen LogP contribution in [0.25, 0.3) is 0 Å². The summed E-state index contributed by atoms with van der Waals surface area (Å²) in [7, 11) is 0. The molecule has 2 aromatic rings. The van der Waals surface area contributed by atoms with Crippen molar-refractivity contribution in [3.63, 3.8) is 0 Å². The number of aromatic nitrogens is 2. The smallest absolute Gasteiger partial charge is 0.230 e. The summed E-state index contributed by atoms with van der Waals surface area (Å²) in [5.41, 5.74) is 0.621. The van der Waals surface area contributed by atoms with Gasteiger partial charge in [-0.25, -0.2) is 4.99 Å². The first kappa shape index (κ1) is 11.4. The fourth-order valence-corrected chi connectivity index (χ4v) is 2.13. The molecule has 2 rings (SSSR count). The van der Waals surface area contributed by atoms with Crippen LogP contribution in [-0.4, -0.2) is 21.5 Å². The highest BCUT2D eigenvalue weighted by Gasteiger charge is 1.99. The third-order valence-corrected chi connectivity index (χ3v) is 3.22. The van der Waals surface area contributed by atoms with Crippen molar-refractivity contribution in [1.82, 2.24) is 10.2 Å². The molecule has 1 aromatic carbocycles. The molecule has 0 fully saturated rings. The third kappa shape index (κ3) is 2.75. The predicted molar refractivity (Wildman–Crippen MR) is 70.4 cm³/mol. The number of aliphatic imine (C=N–C) groups is 1. The van der Waals surface area contributed by atoms with Crippen LogP contribution in [0.3, 0.4) is 0 Å². The summed E-state index contributed by atoms with van der Waals surface area (Å²) in [6, 6.07) is 5.12. The van der Waals surface area contributed by atoms with E-state index in [0.29, 0.717) is 14.6 Å². The van der Waals surface area contributed by atoms with Crippen molar-refractivity contribution in [1.29, 1.82) is 0 Å². The van der Waals surface area contributed by atoms with E-state index in [-0.39, 0.29) is 5.75 Å². The van der Waals surface area contributed by atoms with E-state index in [9.17, 15) is 5.11 Å². The van der Waals surface area contributed by atoms with E-state index >= 15 is 0 Å². The molecule has 82 valence electrons. The van der Waals surface area contributed by atoms with Crippen molar-refractivity contribution >= 4 is 50.8 Å². The summed E-state index contributed by atoms with van der Waals surface area (Å²) in [6.07, 6.45) is 1.54. The number of aromatic hydroxyl groups is 1. The van der Waals surface area contributed by atoms with Crippen molar-refractivity contribution < 1.29 is 5.11 Å². The quantitative estimate of drug-likeness (QED) is 0.659. The molecule has 7 heteroatoms. The second kappa shape index (κ2) is 4.86. The van der Waals surface area contributed by atoms with E-state index in [0.717, 1.165) is 4.47 Å². The Kier molecular flexibility index (Phi) is 3.47. The summed E-state index contributed by atoms with van der Waals surface area (Å²) in [5, 5.41) is 16.6. The summed E-state index contributed by atoms with van der Waals surface area (Å²) in [5.74, 6) is 0.172. The van der Waals surface area contributed by atoms with Crippen LogP contribution in [0.1, 0.15) is 5.56 Å². The Bertz CT molecular complexity index is 590. The van der Waals surface area contributed by atoms with Gasteiger partial charge in [0, 0.05) is 16.3 Å². The first-order valence-electron chi connectivity index (χ1n) is 4.23. The topological polar surface area (TPSA) is 61.3 Å². The van der Waals surface area contributed by atoms with Gasteiger partial charge in [-0.2, -0.15) is 0 Å². The molecule has 0 aliphatic heterocycles. The number of rotatable bonds is 2. The molecule has 0 unspecified atom stereocenters. The van der Waals surface area contributed by atoms with Crippen molar-refractivity contribution in [3.8, 4) is 5.75 Å². The number of benzene rings is 1. The van der Waals surface area contributed by atoms with Crippen LogP contribution in [0.4, 0.5) is 5.13 Å². The van der Waals surface area contributed by atoms with Gasteiger partial charge in [-0.3, -0.25) is 5.10 Å². The molecule has 2 N–H and O–H groups in total. The lowest BCUT2D eigenvalue weighted by Crippen LogP contribution is -1.82. The second-order valence-corrected chi connectivity index (χ2v) is 5.42. The summed E-state index contributed by atoms with van der Waals surface area (Å²) < 4.78 is 1.45. The van der Waals surface area contributed by atoms with Gasteiger partial charge >= 0.3 is 0 Å². The summed E-state index contributed by atoms with van der Waals surface area (Å²) >= 11 is 9.47. The van der Waals surface area contributed by atoms with Crippen LogP contribution in [-0.2, 0) is 0 Å². The second-order valence-electron chi connectivity index (χ2n) is 2.86. The fourth-order valence-electron chi connectivity index (χ4n) is 1.03. The van der Waals surface area contributed by atoms with Crippen LogP contribution in [0, 0.1) is 3.95 Å². The Hall–Kier alpha value is -1.05. The van der Waals surface area contributed by atoms with Crippen LogP contribution in [0.5, 0.6) is 5.75 Å². The minimum atomic E-state index is 0.172. The number of nitrogens with one attached hydrogen (secondary N) is 1. The highest BCUT2D eigenvalue weighted by atomic mass is 79.9. The van der Waals surface area contributed by atoms with Gasteiger partial charge in [-0.05, 0) is 30.4 Å². The number of halogens is 1. The maximum Gasteiger partial charge on any atom is 0.230 e. The molecule has 16 heavy (non-hydrogen) atoms. The lowest BCUT2D eigenvalue weighted by Gasteiger charge is -1.97. The first-order chi connectivity index (χ1) is 7.65. The average molecular weight is 316 g/mol. The van der Waals surface area contributed by atoms with E-state index in [1.54, 1.807) is 24.4 Å². The van der Waals surface area contributed by atoms with Gasteiger partial charge in [0.1, 0.15) is 5.75 Å². The molecular formula is C9H6BrN3OS2. The molecular weight excluding hydrogens is 310 g/mol. The van der Waals surface area contributed by atoms with E-state index in [1.165, 1.54) is 11.3 Å². The highest BCUT2D eigenvalue weighted by Crippen LogP contribution is 2.21. The molecule has 0 saturated heterocycles. The Morgan fingerprint density at radius 3 is 3.06 bits per heavy atom. The van der Waals surface area contributed by atoms with Gasteiger partial charge in [0.05, 0.1) is 0 Å². The Balaban J connectivity index is 2.29. The lowest BCUT2D eigenvalue weighted by atomic mass is 10.2. The van der Waals surface area contributed by atoms with Crippen LogP contribution >= 0.6 is 39.5 Å². The minimum absolute atomic E-state index is 0.172. The zero-order chi connectivity index (χ0) is 11.5. The van der Waals surface area contributed by atoms with Crippen LogP contribution < -0.4 is 0 Å². The van der Waals surface area contributed by atoms with E-state index < -0.39 is 0 Å². The predicted octanol–water partition coefficient (Wildman–Crippen LogP) is 3.42. The molecule has 0 aliphatic rings. The van der Waals surface area contributed by atoms with Gasteiger partial charge in [-0.15, -0.1) is 5.10 Å². The maximum atomic E-state index is 9.56. The largest absolute Gasteiger partial charge is 0.507 e. The molecule has 0 bridgehead atoms. The van der Waals surface area contributed by atoms with Crippen molar-refractivity contribution in [2.24, 2.45) is 4.99 Å². The maximum absolute atomic E-state index is 9.56. The molecule has 0 amide bonds. The molecule has 0 atom stereocenters. The van der Waals surface area contributed by atoms with Gasteiger partial charge in [0.2, 0.25) is 5.13 Å². The van der Waals surface area contributed by atoms with Crippen LogP contribution in [0.15, 0.2) is 27.7 Å². The van der Waals surface area contributed by atoms with Crippen LogP contribution in [0.2, 0.25) is 0 Å². The van der Waals surface area contributed by atoms with Crippen molar-refractivity contribution in [2.75, 3.05) is 0 Å². The average Bonchev–Trinajstić information content (AvgIpc) is 2.66. The van der Waals surface area contributed by atoms with Crippen molar-refractivity contribution in [2.45, 2.75) is 0 Å². The van der Waals surface area contributed by atoms with Gasteiger partial charge in [-0.1, -0.05) is 27.3 Å². The summed E-state index contributed by atoms with van der Waals surface area (Å²) in [4.78, 5) is 4.10. The zero-order valence-electron chi connectivity index (χ0n) is 7.85. The highest BCUT2D eigenvalue weighted by molar-refractivity contribution is 9.10. The zero-order valence-corrected chi connectivity index (χ0v) is 11.1. The molecule has 0 radical (unpaired) electrons. The molecule has 0 aliphatic carbocycles. The third-order valence-electron chi connectivity index (χ3n) is 1.73. The Morgan fingerprint density at radius 1 is 1.56 bits per heavy atom. The molecule has 4 nitrogen and oxygen atoms in total. The summed E-state index contributed by atoms with van der Waals surface area (Å²) in [6.45, 7) is 0. The van der Waals surface area contributed by atoms with E-state index in [2.05, 4.69) is 31.1 Å². The minimum Gasteiger partial charge on any atom is -0.507 e. The number of nitrogens with zero attached hydrogens (tertiary/aromatic N) is 2. The van der Waals surface area contributed by atoms with Gasteiger partial charge < -0.3 is 5.11 Å². The van der Waals surface area contributed by atoms with Gasteiger partial charge in [0.15, 0.2) is 3.95 Å². The fraction of sp³-hybridized carbons (Fsp3) is 0. The number of hydrogen-bond acceptors (Lipinski definition) is 5. The SMILES string of the molecule is Oc1ccc(Br)cc1/C=N/c1n[nH]c(=S)s1. The molecule has 0 saturated carbocycles. The monoisotopic (exact) mass is 315 g/mol. The molecule has 1 heterocycles. The number of phenolic OH excluding ortho intramolecular Hbond substituents is 1. The number of phenols is 1. The Labute approximate surface area is 109 Å². The van der Waals surface area contributed by atoms with E-state index in [1.807, 2.05) is 0 Å². The first-order valence-corrected chi connectivity index (χ1v) is 6.25. The van der Waals surface area contributed by atoms with Crippen molar-refractivity contribution in [3.05, 3.63) is 32.2 Å². The van der Waals surface area contributed by atoms with Gasteiger partial charge in [0.25, 0.3) is 0 Å². The molecule has 0 spiro atoms. The van der Waals surface area contributed by atoms with E-state index in [4.69, 9.17) is 12.2 Å².